The Kier molecular flexibility index (Phi) is 3.32. The first-order valence-electron chi connectivity index (χ1n) is 5.94. The van der Waals surface area contributed by atoms with Crippen molar-refractivity contribution in [2.24, 2.45) is 0 Å². The third-order valence-corrected chi connectivity index (χ3v) is 4.85. The van der Waals surface area contributed by atoms with Crippen LogP contribution in [0.4, 0.5) is 0 Å². The van der Waals surface area contributed by atoms with Crippen LogP contribution in [0.1, 0.15) is 37.9 Å². The van der Waals surface area contributed by atoms with Gasteiger partial charge in [0.2, 0.25) is 0 Å². The van der Waals surface area contributed by atoms with E-state index in [9.17, 15) is 0 Å². The van der Waals surface area contributed by atoms with Crippen LogP contribution in [0, 0.1) is 6.92 Å². The average molecular weight is 235 g/mol. The van der Waals surface area contributed by atoms with Crippen molar-refractivity contribution in [3.05, 3.63) is 35.4 Å². The molecule has 1 aromatic rings. The highest BCUT2D eigenvalue weighted by molar-refractivity contribution is 8.00. The van der Waals surface area contributed by atoms with Crippen molar-refractivity contribution in [3.63, 3.8) is 0 Å². The normalized spacial score (nSPS) is 29.0. The fourth-order valence-corrected chi connectivity index (χ4v) is 3.32. The Labute approximate surface area is 103 Å². The molecular formula is C14H21NS. The van der Waals surface area contributed by atoms with Crippen molar-refractivity contribution in [2.45, 2.75) is 44.5 Å². The molecule has 2 unspecified atom stereocenters. The number of hydrogen-bond acceptors (Lipinski definition) is 2. The van der Waals surface area contributed by atoms with Crippen molar-refractivity contribution in [2.75, 3.05) is 5.75 Å². The zero-order valence-corrected chi connectivity index (χ0v) is 11.4. The minimum absolute atomic E-state index is 0.243. The lowest BCUT2D eigenvalue weighted by molar-refractivity contribution is 0.352. The topological polar surface area (TPSA) is 12.0 Å². The minimum atomic E-state index is 0.243. The summed E-state index contributed by atoms with van der Waals surface area (Å²) in [7, 11) is 0. The van der Waals surface area contributed by atoms with Crippen LogP contribution < -0.4 is 5.32 Å². The molecule has 2 heteroatoms. The van der Waals surface area contributed by atoms with Gasteiger partial charge in [-0.3, -0.25) is 0 Å². The van der Waals surface area contributed by atoms with Gasteiger partial charge in [0.1, 0.15) is 0 Å². The Morgan fingerprint density at radius 1 is 1.25 bits per heavy atom. The lowest BCUT2D eigenvalue weighted by Crippen LogP contribution is -2.50. The molecule has 0 saturated carbocycles. The van der Waals surface area contributed by atoms with Gasteiger partial charge in [-0.25, -0.2) is 0 Å². The average Bonchev–Trinajstić information content (AvgIpc) is 2.23. The third-order valence-electron chi connectivity index (χ3n) is 3.16. The summed E-state index contributed by atoms with van der Waals surface area (Å²) in [4.78, 5) is 0. The first-order chi connectivity index (χ1) is 7.48. The molecule has 1 aromatic carbocycles. The molecule has 88 valence electrons. The van der Waals surface area contributed by atoms with E-state index in [4.69, 9.17) is 0 Å². The number of thioether (sulfide) groups is 1. The number of nitrogens with one attached hydrogen (secondary N) is 1. The lowest BCUT2D eigenvalue weighted by atomic mass is 9.98. The molecule has 1 fully saturated rings. The summed E-state index contributed by atoms with van der Waals surface area (Å²) in [5.74, 6) is 1.19. The van der Waals surface area contributed by atoms with Gasteiger partial charge in [0.25, 0.3) is 0 Å². The van der Waals surface area contributed by atoms with Crippen LogP contribution in [0.25, 0.3) is 0 Å². The maximum absolute atomic E-state index is 3.76. The van der Waals surface area contributed by atoms with E-state index >= 15 is 0 Å². The molecule has 1 saturated heterocycles. The molecule has 1 heterocycles. The number of aryl methyl sites for hydroxylation is 1. The highest BCUT2D eigenvalue weighted by Gasteiger charge is 2.32. The molecule has 0 radical (unpaired) electrons. The Morgan fingerprint density at radius 2 is 1.88 bits per heavy atom. The quantitative estimate of drug-likeness (QED) is 0.799. The molecule has 1 aliphatic heterocycles. The fraction of sp³-hybridized carbons (Fsp3) is 0.571. The molecule has 1 N–H and O–H groups in total. The predicted octanol–water partition coefficient (Wildman–Crippen LogP) is 3.54. The predicted molar refractivity (Wildman–Crippen MR) is 73.1 cm³/mol. The molecule has 1 aliphatic rings. The number of hydrogen-bond donors (Lipinski definition) is 1. The summed E-state index contributed by atoms with van der Waals surface area (Å²) < 4.78 is 0. The van der Waals surface area contributed by atoms with Crippen LogP contribution in [-0.4, -0.2) is 16.5 Å². The molecular weight excluding hydrogens is 214 g/mol. The van der Waals surface area contributed by atoms with Crippen molar-refractivity contribution in [1.82, 2.24) is 5.32 Å². The third kappa shape index (κ3) is 2.61. The van der Waals surface area contributed by atoms with Crippen LogP contribution >= 0.6 is 11.8 Å². The van der Waals surface area contributed by atoms with Crippen LogP contribution in [0.5, 0.6) is 0 Å². The van der Waals surface area contributed by atoms with Gasteiger partial charge in [-0.05, 0) is 26.3 Å². The molecule has 0 bridgehead atoms. The van der Waals surface area contributed by atoms with Gasteiger partial charge in [0.05, 0.1) is 0 Å². The van der Waals surface area contributed by atoms with E-state index in [1.807, 2.05) is 0 Å². The maximum atomic E-state index is 3.76. The zero-order chi connectivity index (χ0) is 11.8. The molecule has 2 atom stereocenters. The van der Waals surface area contributed by atoms with Gasteiger partial charge < -0.3 is 5.32 Å². The Balaban J connectivity index is 2.21. The summed E-state index contributed by atoms with van der Waals surface area (Å²) in [5.41, 5.74) is 2.99. The van der Waals surface area contributed by atoms with Gasteiger partial charge in [-0.1, -0.05) is 36.8 Å². The van der Waals surface area contributed by atoms with Gasteiger partial charge in [0.15, 0.2) is 0 Å². The first-order valence-corrected chi connectivity index (χ1v) is 6.99. The van der Waals surface area contributed by atoms with E-state index in [-0.39, 0.29) is 5.54 Å². The van der Waals surface area contributed by atoms with Crippen molar-refractivity contribution >= 4 is 11.8 Å². The summed E-state index contributed by atoms with van der Waals surface area (Å²) in [6.07, 6.45) is 0. The van der Waals surface area contributed by atoms with Gasteiger partial charge in [-0.2, -0.15) is 11.8 Å². The molecule has 0 aromatic heterocycles. The summed E-state index contributed by atoms with van der Waals surface area (Å²) in [6, 6.07) is 9.40. The van der Waals surface area contributed by atoms with Crippen molar-refractivity contribution < 1.29 is 0 Å². The molecule has 0 spiro atoms. The minimum Gasteiger partial charge on any atom is -0.303 e. The van der Waals surface area contributed by atoms with E-state index in [2.05, 4.69) is 69.0 Å². The number of rotatable bonds is 1. The van der Waals surface area contributed by atoms with Crippen molar-refractivity contribution in [3.8, 4) is 0 Å². The van der Waals surface area contributed by atoms with E-state index in [1.54, 1.807) is 0 Å². The van der Waals surface area contributed by atoms with Crippen LogP contribution in [-0.2, 0) is 0 Å². The van der Waals surface area contributed by atoms with Gasteiger partial charge >= 0.3 is 0 Å². The van der Waals surface area contributed by atoms with Crippen LogP contribution in [0.2, 0.25) is 0 Å². The van der Waals surface area contributed by atoms with Crippen LogP contribution in [0.15, 0.2) is 24.3 Å². The van der Waals surface area contributed by atoms with Gasteiger partial charge in [-0.15, -0.1) is 0 Å². The Morgan fingerprint density at radius 3 is 2.50 bits per heavy atom. The SMILES string of the molecule is Cc1ccc(C2NC(C)(C)CSC2C)cc1. The zero-order valence-electron chi connectivity index (χ0n) is 10.6. The Hall–Kier alpha value is -0.470. The monoisotopic (exact) mass is 235 g/mol. The highest BCUT2D eigenvalue weighted by atomic mass is 32.2. The van der Waals surface area contributed by atoms with E-state index in [1.165, 1.54) is 16.9 Å². The molecule has 0 amide bonds. The number of benzene rings is 1. The van der Waals surface area contributed by atoms with E-state index in [0.717, 1.165) is 0 Å². The van der Waals surface area contributed by atoms with E-state index < -0.39 is 0 Å². The summed E-state index contributed by atoms with van der Waals surface area (Å²) in [5, 5.41) is 4.41. The maximum Gasteiger partial charge on any atom is 0.0442 e. The molecule has 2 rings (SSSR count). The second-order valence-electron chi connectivity index (χ2n) is 5.43. The largest absolute Gasteiger partial charge is 0.303 e. The second-order valence-corrected chi connectivity index (χ2v) is 6.80. The summed E-state index contributed by atoms with van der Waals surface area (Å²) in [6.45, 7) is 9.03. The molecule has 0 aliphatic carbocycles. The lowest BCUT2D eigenvalue weighted by Gasteiger charge is -2.41. The highest BCUT2D eigenvalue weighted by Crippen LogP contribution is 2.35. The van der Waals surface area contributed by atoms with Gasteiger partial charge in [0, 0.05) is 22.6 Å². The van der Waals surface area contributed by atoms with Crippen LogP contribution in [0.3, 0.4) is 0 Å². The Bertz CT molecular complexity index is 356. The standard InChI is InChI=1S/C14H21NS/c1-10-5-7-12(8-6-10)13-11(2)16-9-14(3,4)15-13/h5-8,11,13,15H,9H2,1-4H3. The summed E-state index contributed by atoms with van der Waals surface area (Å²) >= 11 is 2.07. The second kappa shape index (κ2) is 4.42. The smallest absolute Gasteiger partial charge is 0.0442 e. The van der Waals surface area contributed by atoms with E-state index in [0.29, 0.717) is 11.3 Å². The first kappa shape index (κ1) is 12.0. The van der Waals surface area contributed by atoms with Crippen molar-refractivity contribution in [1.29, 1.82) is 0 Å². The fourth-order valence-electron chi connectivity index (χ4n) is 2.14. The molecule has 1 nitrogen and oxygen atoms in total. The molecule has 16 heavy (non-hydrogen) atoms.